The Bertz CT molecular complexity index is 831. The summed E-state index contributed by atoms with van der Waals surface area (Å²) >= 11 is 0.806. The van der Waals surface area contributed by atoms with Gasteiger partial charge < -0.3 is 15.7 Å². The number of hydrogen-bond acceptors (Lipinski definition) is 7. The summed E-state index contributed by atoms with van der Waals surface area (Å²) in [5.74, 6) is -2.14. The Hall–Kier alpha value is -2.22. The van der Waals surface area contributed by atoms with E-state index in [9.17, 15) is 27.9 Å². The number of primary amides is 1. The molecule has 1 aromatic heterocycles. The summed E-state index contributed by atoms with van der Waals surface area (Å²) in [6.45, 7) is -0.173. The van der Waals surface area contributed by atoms with E-state index in [4.69, 9.17) is 10.3 Å². The smallest absolute Gasteiger partial charge is 0.418 e. The van der Waals surface area contributed by atoms with Crippen LogP contribution >= 0.6 is 11.3 Å². The van der Waals surface area contributed by atoms with Gasteiger partial charge in [-0.05, 0) is 11.6 Å². The van der Waals surface area contributed by atoms with Crippen molar-refractivity contribution in [2.45, 2.75) is 12.1 Å². The SMILES string of the molecule is NC(=O)c1cc2c(s1)[C@@H](C(=O)O)N1C[C@@H]2N(OS(=O)(=O)O)C1=O. The molecule has 2 aliphatic heterocycles. The number of hydrogen-bond donors (Lipinski definition) is 3. The normalized spacial score (nSPS) is 23.1. The van der Waals surface area contributed by atoms with Gasteiger partial charge in [-0.3, -0.25) is 9.35 Å². The molecule has 11 nitrogen and oxygen atoms in total. The number of urea groups is 1. The maximum Gasteiger partial charge on any atom is 0.418 e. The lowest BCUT2D eigenvalue weighted by Crippen LogP contribution is -2.38. The highest BCUT2D eigenvalue weighted by Crippen LogP contribution is 2.47. The number of thiophene rings is 1. The van der Waals surface area contributed by atoms with Crippen LogP contribution < -0.4 is 5.73 Å². The Kier molecular flexibility index (Phi) is 3.33. The standard InChI is InChI=1S/C10H9N3O8S2/c11-8(14)5-1-3-4-2-12(6(9(15)16)7(3)22-5)10(17)13(4)21-23(18,19)20/h1,4,6H,2H2,(H2,11,14)(H,15,16)(H,18,19,20)/t4-,6-/m0/s1. The van der Waals surface area contributed by atoms with Gasteiger partial charge in [0.05, 0.1) is 11.4 Å². The fourth-order valence-electron chi connectivity index (χ4n) is 2.63. The van der Waals surface area contributed by atoms with Gasteiger partial charge in [0.1, 0.15) is 6.04 Å². The molecule has 1 saturated heterocycles. The van der Waals surface area contributed by atoms with Crippen LogP contribution in [0.25, 0.3) is 0 Å². The highest BCUT2D eigenvalue weighted by molar-refractivity contribution is 7.80. The number of carboxylic acid groups (broad SMARTS) is 1. The Labute approximate surface area is 132 Å². The number of aliphatic carboxylic acids is 1. The third-order valence-electron chi connectivity index (χ3n) is 3.45. The second-order valence-electron chi connectivity index (χ2n) is 4.81. The molecule has 0 aliphatic carbocycles. The van der Waals surface area contributed by atoms with E-state index in [-0.39, 0.29) is 21.9 Å². The van der Waals surface area contributed by atoms with Gasteiger partial charge in [0.15, 0.2) is 6.04 Å². The molecule has 23 heavy (non-hydrogen) atoms. The minimum atomic E-state index is -4.99. The zero-order chi connectivity index (χ0) is 17.1. The molecule has 2 atom stereocenters. The maximum absolute atomic E-state index is 12.2. The number of carbonyl (C=O) groups excluding carboxylic acids is 2. The second kappa shape index (κ2) is 4.89. The van der Waals surface area contributed by atoms with Gasteiger partial charge in [-0.1, -0.05) is 0 Å². The quantitative estimate of drug-likeness (QED) is 0.602. The first-order chi connectivity index (χ1) is 10.6. The van der Waals surface area contributed by atoms with Crippen LogP contribution in [-0.2, 0) is 19.5 Å². The van der Waals surface area contributed by atoms with Crippen LogP contribution in [0.2, 0.25) is 0 Å². The van der Waals surface area contributed by atoms with E-state index >= 15 is 0 Å². The second-order valence-corrected chi connectivity index (χ2v) is 6.90. The molecule has 1 fully saturated rings. The summed E-state index contributed by atoms with van der Waals surface area (Å²) in [5.41, 5.74) is 5.41. The molecule has 3 amide bonds. The first kappa shape index (κ1) is 15.7. The largest absolute Gasteiger partial charge is 0.479 e. The van der Waals surface area contributed by atoms with Crippen LogP contribution in [0.1, 0.15) is 32.2 Å². The van der Waals surface area contributed by atoms with Crippen molar-refractivity contribution in [1.29, 1.82) is 0 Å². The zero-order valence-electron chi connectivity index (χ0n) is 11.1. The molecule has 124 valence electrons. The Morgan fingerprint density at radius 2 is 2.09 bits per heavy atom. The van der Waals surface area contributed by atoms with E-state index in [1.807, 2.05) is 0 Å². The van der Waals surface area contributed by atoms with Crippen molar-refractivity contribution in [2.75, 3.05) is 6.54 Å². The molecule has 0 spiro atoms. The van der Waals surface area contributed by atoms with Gasteiger partial charge in [0.25, 0.3) is 5.91 Å². The number of amides is 3. The molecule has 3 rings (SSSR count). The summed E-state index contributed by atoms with van der Waals surface area (Å²) in [4.78, 5) is 36.1. The monoisotopic (exact) mass is 363 g/mol. The molecule has 0 aromatic carbocycles. The predicted octanol–water partition coefficient (Wildman–Crippen LogP) is -0.501. The van der Waals surface area contributed by atoms with Crippen molar-refractivity contribution < 1.29 is 36.7 Å². The van der Waals surface area contributed by atoms with Crippen molar-refractivity contribution in [3.8, 4) is 0 Å². The number of hydroxylamine groups is 2. The maximum atomic E-state index is 12.2. The third kappa shape index (κ3) is 2.42. The third-order valence-corrected chi connectivity index (χ3v) is 5.02. The molecule has 4 N–H and O–H groups in total. The number of rotatable bonds is 4. The molecule has 0 unspecified atom stereocenters. The van der Waals surface area contributed by atoms with E-state index in [2.05, 4.69) is 4.28 Å². The summed E-state index contributed by atoms with van der Waals surface area (Å²) < 4.78 is 34.8. The fraction of sp³-hybridized carbons (Fsp3) is 0.300. The van der Waals surface area contributed by atoms with Gasteiger partial charge in [-0.2, -0.15) is 13.5 Å². The average molecular weight is 363 g/mol. The van der Waals surface area contributed by atoms with E-state index in [0.29, 0.717) is 5.06 Å². The lowest BCUT2D eigenvalue weighted by Gasteiger charge is -2.27. The van der Waals surface area contributed by atoms with Gasteiger partial charge in [-0.15, -0.1) is 15.6 Å². The molecule has 0 radical (unpaired) electrons. The van der Waals surface area contributed by atoms with E-state index < -0.39 is 40.4 Å². The lowest BCUT2D eigenvalue weighted by molar-refractivity contribution is -0.142. The Morgan fingerprint density at radius 3 is 2.61 bits per heavy atom. The van der Waals surface area contributed by atoms with Crippen LogP contribution in [-0.4, -0.2) is 52.5 Å². The first-order valence-electron chi connectivity index (χ1n) is 6.03. The zero-order valence-corrected chi connectivity index (χ0v) is 12.7. The molecular formula is C10H9N3O8S2. The van der Waals surface area contributed by atoms with Crippen molar-refractivity contribution in [3.63, 3.8) is 0 Å². The molecule has 13 heteroatoms. The van der Waals surface area contributed by atoms with Crippen molar-refractivity contribution in [1.82, 2.24) is 9.96 Å². The topological polar surface area (TPSA) is 168 Å². The van der Waals surface area contributed by atoms with Crippen molar-refractivity contribution in [2.24, 2.45) is 5.73 Å². The summed E-state index contributed by atoms with van der Waals surface area (Å²) in [5, 5.41) is 9.73. The molecule has 1 aromatic rings. The number of fused-ring (bicyclic) bond motifs is 4. The van der Waals surface area contributed by atoms with Crippen LogP contribution in [0, 0.1) is 0 Å². The highest BCUT2D eigenvalue weighted by atomic mass is 32.3. The van der Waals surface area contributed by atoms with E-state index in [1.165, 1.54) is 6.07 Å². The van der Waals surface area contributed by atoms with Crippen molar-refractivity contribution >= 4 is 39.6 Å². The van der Waals surface area contributed by atoms with Crippen molar-refractivity contribution in [3.05, 3.63) is 21.4 Å². The molecule has 0 saturated carbocycles. The van der Waals surface area contributed by atoms with Gasteiger partial charge in [-0.25, -0.2) is 9.59 Å². The molecule has 2 bridgehead atoms. The minimum Gasteiger partial charge on any atom is -0.479 e. The minimum absolute atomic E-state index is 0.0641. The number of carbonyl (C=O) groups is 3. The first-order valence-corrected chi connectivity index (χ1v) is 8.21. The van der Waals surface area contributed by atoms with Crippen LogP contribution in [0.15, 0.2) is 6.07 Å². The van der Waals surface area contributed by atoms with Gasteiger partial charge in [0.2, 0.25) is 0 Å². The fourth-order valence-corrected chi connectivity index (χ4v) is 4.17. The highest BCUT2D eigenvalue weighted by Gasteiger charge is 2.53. The Morgan fingerprint density at radius 1 is 1.43 bits per heavy atom. The number of nitrogens with two attached hydrogens (primary N) is 1. The summed E-state index contributed by atoms with van der Waals surface area (Å²) in [6.07, 6.45) is 0. The van der Waals surface area contributed by atoms with Crippen LogP contribution in [0.5, 0.6) is 0 Å². The number of nitrogens with zero attached hydrogens (tertiary/aromatic N) is 2. The molecule has 2 aliphatic rings. The lowest BCUT2D eigenvalue weighted by atomic mass is 9.99. The Balaban J connectivity index is 2.13. The van der Waals surface area contributed by atoms with Gasteiger partial charge in [0, 0.05) is 4.88 Å². The summed E-state index contributed by atoms with van der Waals surface area (Å²) in [7, 11) is -4.99. The van der Waals surface area contributed by atoms with Gasteiger partial charge >= 0.3 is 22.4 Å². The van der Waals surface area contributed by atoms with E-state index in [1.54, 1.807) is 0 Å². The average Bonchev–Trinajstić information content (AvgIpc) is 2.94. The molecule has 3 heterocycles. The summed E-state index contributed by atoms with van der Waals surface area (Å²) in [6, 6.07) is -2.12. The molecular weight excluding hydrogens is 354 g/mol. The van der Waals surface area contributed by atoms with Crippen LogP contribution in [0.4, 0.5) is 4.79 Å². The predicted molar refractivity (Wildman–Crippen MR) is 72.5 cm³/mol. The van der Waals surface area contributed by atoms with E-state index in [0.717, 1.165) is 16.2 Å². The van der Waals surface area contributed by atoms with Crippen LogP contribution in [0.3, 0.4) is 0 Å². The number of carboxylic acids is 1.